The minimum Gasteiger partial charge on any atom is -0.486 e. The fourth-order valence-electron chi connectivity index (χ4n) is 3.30. The fraction of sp³-hybridized carbons (Fsp3) is 0.333. The maximum Gasteiger partial charge on any atom is 0.252 e. The molecule has 0 unspecified atom stereocenters. The van der Waals surface area contributed by atoms with Crippen molar-refractivity contribution in [1.82, 2.24) is 4.57 Å². The third-order valence-electron chi connectivity index (χ3n) is 4.73. The largest absolute Gasteiger partial charge is 0.486 e. The second-order valence-electron chi connectivity index (χ2n) is 6.70. The molecule has 4 rings (SSSR count). The first-order valence-corrected chi connectivity index (χ1v) is 9.93. The summed E-state index contributed by atoms with van der Waals surface area (Å²) in [6.07, 6.45) is 0.314. The lowest BCUT2D eigenvalue weighted by Crippen LogP contribution is -2.17. The monoisotopic (exact) mass is 382 g/mol. The van der Waals surface area contributed by atoms with Gasteiger partial charge in [0.05, 0.1) is 16.6 Å². The van der Waals surface area contributed by atoms with Crippen molar-refractivity contribution in [2.24, 2.45) is 4.99 Å². The Morgan fingerprint density at radius 2 is 1.89 bits per heavy atom. The number of amides is 1. The minimum absolute atomic E-state index is 0.130. The number of hydrogen-bond donors (Lipinski definition) is 0. The number of nitrogens with zero attached hydrogens (tertiary/aromatic N) is 2. The summed E-state index contributed by atoms with van der Waals surface area (Å²) in [5.74, 6) is 1.38. The lowest BCUT2D eigenvalue weighted by Gasteiger charge is -2.18. The van der Waals surface area contributed by atoms with Crippen LogP contribution in [0.3, 0.4) is 0 Å². The highest BCUT2D eigenvalue weighted by atomic mass is 32.1. The van der Waals surface area contributed by atoms with Gasteiger partial charge in [0, 0.05) is 18.7 Å². The molecule has 0 spiro atoms. The van der Waals surface area contributed by atoms with Gasteiger partial charge in [0.1, 0.15) is 13.2 Å². The summed E-state index contributed by atoms with van der Waals surface area (Å²) in [5.41, 5.74) is 4.32. The molecule has 1 aliphatic rings. The van der Waals surface area contributed by atoms with Crippen LogP contribution in [0.1, 0.15) is 23.6 Å². The zero-order valence-corrected chi connectivity index (χ0v) is 16.6. The maximum absolute atomic E-state index is 12.6. The summed E-state index contributed by atoms with van der Waals surface area (Å²) < 4.78 is 14.5. The molecule has 3 aromatic rings. The van der Waals surface area contributed by atoms with Gasteiger partial charge in [-0.15, -0.1) is 0 Å². The molecule has 1 aliphatic heterocycles. The summed E-state index contributed by atoms with van der Waals surface area (Å²) in [6, 6.07) is 10.1. The van der Waals surface area contributed by atoms with Gasteiger partial charge in [-0.25, -0.2) is 0 Å². The van der Waals surface area contributed by atoms with E-state index in [2.05, 4.69) is 28.6 Å². The fourth-order valence-corrected chi connectivity index (χ4v) is 4.42. The van der Waals surface area contributed by atoms with E-state index in [0.717, 1.165) is 45.0 Å². The van der Waals surface area contributed by atoms with Gasteiger partial charge in [0.15, 0.2) is 16.3 Å². The molecule has 5 nitrogen and oxygen atoms in total. The molecule has 0 atom stereocenters. The first-order valence-electron chi connectivity index (χ1n) is 9.12. The molecular formula is C21H22N2O3S. The predicted molar refractivity (Wildman–Crippen MR) is 107 cm³/mol. The number of fused-ring (bicyclic) bond motifs is 2. The summed E-state index contributed by atoms with van der Waals surface area (Å²) >= 11 is 1.51. The second kappa shape index (κ2) is 7.19. The average Bonchev–Trinajstić information content (AvgIpc) is 2.98. The Morgan fingerprint density at radius 3 is 2.63 bits per heavy atom. The van der Waals surface area contributed by atoms with E-state index < -0.39 is 0 Å². The van der Waals surface area contributed by atoms with Crippen LogP contribution >= 0.6 is 11.3 Å². The smallest absolute Gasteiger partial charge is 0.252 e. The summed E-state index contributed by atoms with van der Waals surface area (Å²) in [7, 11) is 0. The minimum atomic E-state index is -0.130. The van der Waals surface area contributed by atoms with Crippen LogP contribution in [-0.4, -0.2) is 23.7 Å². The number of carbonyl (C=O) groups excluding carboxylic acids is 1. The zero-order chi connectivity index (χ0) is 19.0. The van der Waals surface area contributed by atoms with Crippen LogP contribution < -0.4 is 14.3 Å². The Balaban J connectivity index is 1.73. The number of carbonyl (C=O) groups is 1. The number of ether oxygens (including phenoxy) is 2. The second-order valence-corrected chi connectivity index (χ2v) is 7.71. The summed E-state index contributed by atoms with van der Waals surface area (Å²) in [4.78, 5) is 17.8. The molecule has 6 heteroatoms. The van der Waals surface area contributed by atoms with E-state index in [1.165, 1.54) is 11.3 Å². The standard InChI is InChI=1S/C21H22N2O3S/c1-4-23-16-11-17-18(26-8-7-25-17)12-19(16)27-21(23)22-20(24)10-15-9-13(2)5-6-14(15)3/h5-6,9,11-12H,4,7-8,10H2,1-3H3. The van der Waals surface area contributed by atoms with Crippen LogP contribution in [0.15, 0.2) is 35.3 Å². The van der Waals surface area contributed by atoms with Crippen molar-refractivity contribution >= 4 is 27.5 Å². The number of aryl methyl sites for hydroxylation is 3. The molecule has 2 heterocycles. The molecule has 0 radical (unpaired) electrons. The van der Waals surface area contributed by atoms with Gasteiger partial charge < -0.3 is 14.0 Å². The normalized spacial score (nSPS) is 14.0. The third kappa shape index (κ3) is 3.49. The Hall–Kier alpha value is -2.60. The average molecular weight is 382 g/mol. The highest BCUT2D eigenvalue weighted by Crippen LogP contribution is 2.35. The van der Waals surface area contributed by atoms with Crippen LogP contribution in [0.5, 0.6) is 11.5 Å². The van der Waals surface area contributed by atoms with Crippen molar-refractivity contribution in [2.75, 3.05) is 13.2 Å². The molecule has 1 aromatic heterocycles. The van der Waals surface area contributed by atoms with Crippen LogP contribution in [0.2, 0.25) is 0 Å². The Morgan fingerprint density at radius 1 is 1.15 bits per heavy atom. The van der Waals surface area contributed by atoms with Gasteiger partial charge in [-0.1, -0.05) is 35.1 Å². The first kappa shape index (κ1) is 17.8. The summed E-state index contributed by atoms with van der Waals surface area (Å²) in [5, 5.41) is 0. The topological polar surface area (TPSA) is 52.8 Å². The van der Waals surface area contributed by atoms with Gasteiger partial charge in [-0.05, 0) is 31.9 Å². The van der Waals surface area contributed by atoms with Gasteiger partial charge >= 0.3 is 0 Å². The molecular weight excluding hydrogens is 360 g/mol. The maximum atomic E-state index is 12.6. The molecule has 0 bridgehead atoms. The number of rotatable bonds is 3. The highest BCUT2D eigenvalue weighted by molar-refractivity contribution is 7.16. The quantitative estimate of drug-likeness (QED) is 0.693. The third-order valence-corrected chi connectivity index (χ3v) is 5.77. The van der Waals surface area contributed by atoms with E-state index in [4.69, 9.17) is 9.47 Å². The molecule has 0 fully saturated rings. The van der Waals surface area contributed by atoms with Gasteiger partial charge in [-0.3, -0.25) is 4.79 Å². The Kier molecular flexibility index (Phi) is 4.74. The van der Waals surface area contributed by atoms with E-state index in [-0.39, 0.29) is 5.91 Å². The van der Waals surface area contributed by atoms with Crippen molar-refractivity contribution in [2.45, 2.75) is 33.7 Å². The van der Waals surface area contributed by atoms with Crippen LogP contribution in [0, 0.1) is 13.8 Å². The van der Waals surface area contributed by atoms with Gasteiger partial charge in [-0.2, -0.15) is 4.99 Å². The van der Waals surface area contributed by atoms with E-state index in [0.29, 0.717) is 24.4 Å². The van der Waals surface area contributed by atoms with Crippen molar-refractivity contribution in [3.63, 3.8) is 0 Å². The van der Waals surface area contributed by atoms with Gasteiger partial charge in [0.2, 0.25) is 0 Å². The van der Waals surface area contributed by atoms with E-state index in [9.17, 15) is 4.79 Å². The van der Waals surface area contributed by atoms with Crippen molar-refractivity contribution < 1.29 is 14.3 Å². The van der Waals surface area contributed by atoms with E-state index in [1.807, 2.05) is 32.0 Å². The summed E-state index contributed by atoms with van der Waals surface area (Å²) in [6.45, 7) is 7.96. The van der Waals surface area contributed by atoms with Crippen molar-refractivity contribution in [1.29, 1.82) is 0 Å². The zero-order valence-electron chi connectivity index (χ0n) is 15.7. The van der Waals surface area contributed by atoms with E-state index in [1.54, 1.807) is 0 Å². The highest BCUT2D eigenvalue weighted by Gasteiger charge is 2.16. The van der Waals surface area contributed by atoms with Crippen molar-refractivity contribution in [3.8, 4) is 11.5 Å². The SMILES string of the molecule is CCn1c(=NC(=O)Cc2cc(C)ccc2C)sc2cc3c(cc21)OCCO3. The molecule has 0 saturated carbocycles. The number of thiazole rings is 1. The van der Waals surface area contributed by atoms with Crippen LogP contribution in [0.25, 0.3) is 10.2 Å². The van der Waals surface area contributed by atoms with Crippen LogP contribution in [-0.2, 0) is 17.8 Å². The van der Waals surface area contributed by atoms with E-state index >= 15 is 0 Å². The Labute approximate surface area is 161 Å². The lowest BCUT2D eigenvalue weighted by molar-refractivity contribution is -0.117. The lowest BCUT2D eigenvalue weighted by atomic mass is 10.0. The molecule has 140 valence electrons. The molecule has 27 heavy (non-hydrogen) atoms. The molecule has 2 aromatic carbocycles. The van der Waals surface area contributed by atoms with Crippen LogP contribution in [0.4, 0.5) is 0 Å². The number of aromatic nitrogens is 1. The first-order chi connectivity index (χ1) is 13.0. The van der Waals surface area contributed by atoms with Gasteiger partial charge in [0.25, 0.3) is 5.91 Å². The molecule has 1 amide bonds. The molecule has 0 aliphatic carbocycles. The molecule has 0 N–H and O–H groups in total. The van der Waals surface area contributed by atoms with Crippen molar-refractivity contribution in [3.05, 3.63) is 51.8 Å². The predicted octanol–water partition coefficient (Wildman–Crippen LogP) is 3.78. The molecule has 0 saturated heterocycles. The Bertz CT molecular complexity index is 1090. The number of hydrogen-bond acceptors (Lipinski definition) is 4. The number of benzene rings is 2.